The summed E-state index contributed by atoms with van der Waals surface area (Å²) < 4.78 is 2.17. The molecule has 0 saturated carbocycles. The first-order chi connectivity index (χ1) is 33.7. The Kier molecular flexibility index (Phi) is 10.4. The predicted octanol–water partition coefficient (Wildman–Crippen LogP) is 11.5. The zero-order valence-corrected chi connectivity index (χ0v) is 37.9. The number of aromatic nitrogens is 6. The lowest BCUT2D eigenvalue weighted by atomic mass is 10.0. The average molecular weight is 887 g/mol. The summed E-state index contributed by atoms with van der Waals surface area (Å²) >= 11 is 0. The molecule has 0 bridgehead atoms. The zero-order chi connectivity index (χ0) is 45.3. The first-order valence-corrected chi connectivity index (χ1v) is 24.8. The zero-order valence-electron chi connectivity index (χ0n) is 36.9. The number of hydrogen-bond acceptors (Lipinski definition) is 5. The molecule has 0 N–H and O–H groups in total. The average Bonchev–Trinajstić information content (AvgIpc) is 3.77. The monoisotopic (exact) mass is 886 g/mol. The predicted molar refractivity (Wildman–Crippen MR) is 281 cm³/mol. The molecule has 12 aromatic rings. The van der Waals surface area contributed by atoms with Crippen molar-refractivity contribution >= 4 is 50.6 Å². The molecule has 6 nitrogen and oxygen atoms in total. The Morgan fingerprint density at radius 2 is 0.662 bits per heavy atom. The van der Waals surface area contributed by atoms with Crippen LogP contribution in [0.15, 0.2) is 255 Å². The summed E-state index contributed by atoms with van der Waals surface area (Å²) in [7, 11) is -2.89. The van der Waals surface area contributed by atoms with Crippen molar-refractivity contribution in [2.45, 2.75) is 0 Å². The molecule has 0 atom stereocenters. The van der Waals surface area contributed by atoms with Gasteiger partial charge in [0.05, 0.1) is 22.4 Å². The van der Waals surface area contributed by atoms with Gasteiger partial charge in [-0.3, -0.25) is 4.57 Å². The molecule has 0 fully saturated rings. The summed E-state index contributed by atoms with van der Waals surface area (Å²) in [6, 6.07) is 89.6. The van der Waals surface area contributed by atoms with Crippen molar-refractivity contribution in [1.29, 1.82) is 0 Å². The van der Waals surface area contributed by atoms with Crippen molar-refractivity contribution < 1.29 is 0 Å². The molecule has 0 radical (unpaired) electrons. The van der Waals surface area contributed by atoms with Crippen LogP contribution in [0.4, 0.5) is 0 Å². The molecule has 3 aromatic heterocycles. The van der Waals surface area contributed by atoms with Crippen molar-refractivity contribution in [3.8, 4) is 62.6 Å². The van der Waals surface area contributed by atoms with Crippen LogP contribution in [0.3, 0.4) is 0 Å². The molecular formula is C61H42N6Si. The van der Waals surface area contributed by atoms with Gasteiger partial charge < -0.3 is 0 Å². The molecule has 0 aliphatic carbocycles. The van der Waals surface area contributed by atoms with Gasteiger partial charge in [-0.25, -0.2) is 15.0 Å². The van der Waals surface area contributed by atoms with Crippen LogP contribution in [-0.2, 0) is 0 Å². The summed E-state index contributed by atoms with van der Waals surface area (Å²) in [5.74, 6) is 2.17. The highest BCUT2D eigenvalue weighted by molar-refractivity contribution is 7.19. The van der Waals surface area contributed by atoms with Crippen LogP contribution < -0.4 is 20.7 Å². The lowest BCUT2D eigenvalue weighted by molar-refractivity contribution is 0.953. The third-order valence-electron chi connectivity index (χ3n) is 12.9. The number of benzene rings is 9. The Morgan fingerprint density at radius 3 is 1.16 bits per heavy atom. The third-order valence-corrected chi connectivity index (χ3v) is 17.6. The van der Waals surface area contributed by atoms with E-state index in [0.717, 1.165) is 61.0 Å². The summed E-state index contributed by atoms with van der Waals surface area (Å²) in [6.07, 6.45) is 0. The van der Waals surface area contributed by atoms with Crippen LogP contribution >= 0.6 is 0 Å². The fourth-order valence-electron chi connectivity index (χ4n) is 9.76. The van der Waals surface area contributed by atoms with Gasteiger partial charge >= 0.3 is 0 Å². The van der Waals surface area contributed by atoms with Crippen molar-refractivity contribution in [2.75, 3.05) is 0 Å². The van der Waals surface area contributed by atoms with E-state index in [1.54, 1.807) is 0 Å². The van der Waals surface area contributed by atoms with Crippen molar-refractivity contribution in [3.05, 3.63) is 255 Å². The summed E-state index contributed by atoms with van der Waals surface area (Å²) in [5.41, 5.74) is 8.16. The molecule has 0 amide bonds. The summed E-state index contributed by atoms with van der Waals surface area (Å²) in [6.45, 7) is 0. The highest BCUT2D eigenvalue weighted by Gasteiger charge is 2.41. The minimum atomic E-state index is -2.89. The number of nitrogens with zero attached hydrogens (tertiary/aromatic N) is 6. The number of fused-ring (bicyclic) bond motifs is 3. The maximum atomic E-state index is 5.46. The largest absolute Gasteiger partial charge is 0.278 e. The lowest BCUT2D eigenvalue weighted by Crippen LogP contribution is -2.74. The smallest absolute Gasteiger partial charge is 0.238 e. The van der Waals surface area contributed by atoms with Gasteiger partial charge in [-0.15, -0.1) is 0 Å². The van der Waals surface area contributed by atoms with E-state index in [4.69, 9.17) is 24.9 Å². The fourth-order valence-corrected chi connectivity index (χ4v) is 14.6. The second-order valence-corrected chi connectivity index (χ2v) is 20.6. The third kappa shape index (κ3) is 7.19. The first-order valence-electron chi connectivity index (χ1n) is 22.8. The Bertz CT molecular complexity index is 3520. The topological polar surface area (TPSA) is 69.4 Å². The fraction of sp³-hybridized carbons (Fsp3) is 0. The Hall–Kier alpha value is -8.91. The van der Waals surface area contributed by atoms with E-state index >= 15 is 0 Å². The minimum Gasteiger partial charge on any atom is -0.278 e. The second-order valence-electron chi connectivity index (χ2n) is 16.8. The normalized spacial score (nSPS) is 11.5. The molecule has 0 aliphatic rings. The van der Waals surface area contributed by atoms with Crippen LogP contribution in [0.2, 0.25) is 0 Å². The van der Waals surface area contributed by atoms with Crippen LogP contribution in [0.1, 0.15) is 0 Å². The maximum absolute atomic E-state index is 5.46. The van der Waals surface area contributed by atoms with Crippen molar-refractivity contribution in [2.24, 2.45) is 0 Å². The van der Waals surface area contributed by atoms with Gasteiger partial charge in [-0.05, 0) is 38.9 Å². The molecule has 12 rings (SSSR count). The number of para-hydroxylation sites is 2. The van der Waals surface area contributed by atoms with E-state index < -0.39 is 8.07 Å². The molecule has 0 unspecified atom stereocenters. The lowest BCUT2D eigenvalue weighted by Gasteiger charge is -2.34. The molecular weight excluding hydrogens is 845 g/mol. The van der Waals surface area contributed by atoms with Gasteiger partial charge in [0.2, 0.25) is 5.95 Å². The standard InChI is InChI=1S/C61H42N6Si/c1-6-23-43(24-7-1)54-42-55(44-25-8-2-9-26-44)63-59(62-54)52-37-16-17-38-53(52)60-64-58(65-61(66-60)67-56-39-20-18-35-50(56)51-36-19-21-40-57(51)67)45-27-22-34-49(41-45)68(46-28-10-3-11-29-46,47-30-12-4-13-31-47)48-32-14-5-15-33-48/h1-42H. The van der Waals surface area contributed by atoms with E-state index in [-0.39, 0.29) is 0 Å². The van der Waals surface area contributed by atoms with Crippen LogP contribution in [0.5, 0.6) is 0 Å². The molecule has 68 heavy (non-hydrogen) atoms. The van der Waals surface area contributed by atoms with Gasteiger partial charge in [0.1, 0.15) is 0 Å². The SMILES string of the molecule is c1ccc(-c2cc(-c3ccccc3)nc(-c3ccccc3-c3nc(-c4cccc([Si](c5ccccc5)(c5ccccc5)c5ccccc5)c4)nc(-n4c5ccccc5c5ccccc54)n3)n2)cc1. The summed E-state index contributed by atoms with van der Waals surface area (Å²) in [5, 5.41) is 7.34. The van der Waals surface area contributed by atoms with E-state index in [1.165, 1.54) is 20.7 Å². The van der Waals surface area contributed by atoms with Gasteiger partial charge in [0.15, 0.2) is 25.5 Å². The number of hydrogen-bond donors (Lipinski definition) is 0. The molecule has 320 valence electrons. The Balaban J connectivity index is 1.12. The Morgan fingerprint density at radius 1 is 0.279 bits per heavy atom. The first kappa shape index (κ1) is 40.6. The van der Waals surface area contributed by atoms with Crippen LogP contribution in [0, 0.1) is 0 Å². The maximum Gasteiger partial charge on any atom is 0.238 e. The van der Waals surface area contributed by atoms with Gasteiger partial charge in [0.25, 0.3) is 0 Å². The van der Waals surface area contributed by atoms with Gasteiger partial charge in [-0.1, -0.05) is 237 Å². The molecule has 0 spiro atoms. The van der Waals surface area contributed by atoms with Crippen molar-refractivity contribution in [1.82, 2.24) is 29.5 Å². The van der Waals surface area contributed by atoms with E-state index in [0.29, 0.717) is 23.4 Å². The van der Waals surface area contributed by atoms with Gasteiger partial charge in [0, 0.05) is 38.6 Å². The molecule has 9 aromatic carbocycles. The van der Waals surface area contributed by atoms with E-state index in [1.807, 2.05) is 48.5 Å². The Labute approximate surface area is 395 Å². The van der Waals surface area contributed by atoms with Crippen molar-refractivity contribution in [3.63, 3.8) is 0 Å². The van der Waals surface area contributed by atoms with Crippen LogP contribution in [0.25, 0.3) is 84.4 Å². The molecule has 3 heterocycles. The molecule has 7 heteroatoms. The highest BCUT2D eigenvalue weighted by Crippen LogP contribution is 2.35. The van der Waals surface area contributed by atoms with E-state index in [2.05, 4.69) is 211 Å². The second kappa shape index (κ2) is 17.5. The molecule has 0 saturated heterocycles. The van der Waals surface area contributed by atoms with Gasteiger partial charge in [-0.2, -0.15) is 9.97 Å². The summed E-state index contributed by atoms with van der Waals surface area (Å²) in [4.78, 5) is 26.9. The quantitative estimate of drug-likeness (QED) is 0.101. The van der Waals surface area contributed by atoms with E-state index in [9.17, 15) is 0 Å². The molecule has 0 aliphatic heterocycles. The van der Waals surface area contributed by atoms with Crippen LogP contribution in [-0.4, -0.2) is 37.6 Å². The minimum absolute atomic E-state index is 0.514. The number of rotatable bonds is 10. The highest BCUT2D eigenvalue weighted by atomic mass is 28.3.